The number of hydrogen-bond donors (Lipinski definition) is 1. The van der Waals surface area contributed by atoms with Crippen LogP contribution in [0.15, 0.2) is 29.6 Å². The van der Waals surface area contributed by atoms with Crippen molar-refractivity contribution in [2.45, 2.75) is 19.4 Å². The van der Waals surface area contributed by atoms with Gasteiger partial charge in [-0.05, 0) is 54.2 Å². The first-order valence-electron chi connectivity index (χ1n) is 5.85. The molecular formula is C14H15ClFNS. The standard InChI is InChI=1S/C14H15ClFNS/c1-3-9-6-7-18-14(9)13(17-2)11-8-10(16)4-5-12(11)15/h4-8,13,17H,3H2,1-2H3. The van der Waals surface area contributed by atoms with Crippen LogP contribution in [0.1, 0.15) is 29.0 Å². The van der Waals surface area contributed by atoms with Crippen molar-refractivity contribution in [3.63, 3.8) is 0 Å². The van der Waals surface area contributed by atoms with Crippen LogP contribution in [-0.4, -0.2) is 7.05 Å². The summed E-state index contributed by atoms with van der Waals surface area (Å²) >= 11 is 7.85. The lowest BCUT2D eigenvalue weighted by molar-refractivity contribution is 0.617. The topological polar surface area (TPSA) is 12.0 Å². The van der Waals surface area contributed by atoms with Gasteiger partial charge in [-0.25, -0.2) is 4.39 Å². The molecule has 0 amide bonds. The molecule has 1 atom stereocenters. The Morgan fingerprint density at radius 1 is 1.39 bits per heavy atom. The highest BCUT2D eigenvalue weighted by Crippen LogP contribution is 2.33. The molecule has 1 nitrogen and oxygen atoms in total. The number of thiophene rings is 1. The summed E-state index contributed by atoms with van der Waals surface area (Å²) in [4.78, 5) is 1.20. The zero-order valence-corrected chi connectivity index (χ0v) is 11.9. The van der Waals surface area contributed by atoms with Crippen LogP contribution in [0.25, 0.3) is 0 Å². The molecule has 4 heteroatoms. The van der Waals surface area contributed by atoms with Crippen LogP contribution < -0.4 is 5.32 Å². The van der Waals surface area contributed by atoms with Crippen molar-refractivity contribution in [2.24, 2.45) is 0 Å². The second-order valence-electron chi connectivity index (χ2n) is 4.05. The monoisotopic (exact) mass is 283 g/mol. The van der Waals surface area contributed by atoms with Crippen molar-refractivity contribution in [3.8, 4) is 0 Å². The molecular weight excluding hydrogens is 269 g/mol. The van der Waals surface area contributed by atoms with Gasteiger partial charge >= 0.3 is 0 Å². The number of aryl methyl sites for hydroxylation is 1. The summed E-state index contributed by atoms with van der Waals surface area (Å²) in [5.41, 5.74) is 2.07. The average Bonchev–Trinajstić information content (AvgIpc) is 2.83. The second kappa shape index (κ2) is 5.83. The van der Waals surface area contributed by atoms with Crippen molar-refractivity contribution in [2.75, 3.05) is 7.05 Å². The lowest BCUT2D eigenvalue weighted by Crippen LogP contribution is -2.18. The molecule has 1 heterocycles. The van der Waals surface area contributed by atoms with Crippen molar-refractivity contribution in [3.05, 3.63) is 56.5 Å². The maximum absolute atomic E-state index is 13.4. The van der Waals surface area contributed by atoms with E-state index in [0.717, 1.165) is 12.0 Å². The van der Waals surface area contributed by atoms with Crippen molar-refractivity contribution in [1.82, 2.24) is 5.32 Å². The normalized spacial score (nSPS) is 12.7. The number of halogens is 2. The van der Waals surface area contributed by atoms with E-state index in [9.17, 15) is 4.39 Å². The van der Waals surface area contributed by atoms with E-state index in [0.29, 0.717) is 5.02 Å². The Balaban J connectivity index is 2.48. The van der Waals surface area contributed by atoms with Crippen molar-refractivity contribution in [1.29, 1.82) is 0 Å². The third-order valence-electron chi connectivity index (χ3n) is 2.98. The van der Waals surface area contributed by atoms with E-state index in [1.165, 1.54) is 22.6 Å². The predicted molar refractivity (Wildman–Crippen MR) is 76.0 cm³/mol. The molecule has 0 aliphatic heterocycles. The number of benzene rings is 1. The number of rotatable bonds is 4. The van der Waals surface area contributed by atoms with Gasteiger partial charge in [0.2, 0.25) is 0 Å². The van der Waals surface area contributed by atoms with Gasteiger partial charge < -0.3 is 5.32 Å². The molecule has 96 valence electrons. The molecule has 2 aromatic rings. The minimum atomic E-state index is -0.260. The van der Waals surface area contributed by atoms with Crippen LogP contribution in [-0.2, 0) is 6.42 Å². The molecule has 2 rings (SSSR count). The Labute approximate surface area is 116 Å². The molecule has 0 saturated heterocycles. The van der Waals surface area contributed by atoms with Crippen molar-refractivity contribution >= 4 is 22.9 Å². The maximum Gasteiger partial charge on any atom is 0.123 e. The molecule has 0 radical (unpaired) electrons. The van der Waals surface area contributed by atoms with Crippen LogP contribution in [0.2, 0.25) is 5.02 Å². The SMILES string of the molecule is CCc1ccsc1C(NC)c1cc(F)ccc1Cl. The minimum Gasteiger partial charge on any atom is -0.309 e. The van der Waals surface area contributed by atoms with E-state index >= 15 is 0 Å². The highest BCUT2D eigenvalue weighted by atomic mass is 35.5. The fourth-order valence-electron chi connectivity index (χ4n) is 2.06. The van der Waals surface area contributed by atoms with Crippen LogP contribution in [0.4, 0.5) is 4.39 Å². The van der Waals surface area contributed by atoms with E-state index in [1.54, 1.807) is 17.4 Å². The Morgan fingerprint density at radius 2 is 2.17 bits per heavy atom. The molecule has 1 unspecified atom stereocenters. The smallest absolute Gasteiger partial charge is 0.123 e. The largest absolute Gasteiger partial charge is 0.309 e. The summed E-state index contributed by atoms with van der Waals surface area (Å²) in [6.07, 6.45) is 0.962. The van der Waals surface area contributed by atoms with E-state index in [2.05, 4.69) is 23.7 Å². The Bertz CT molecular complexity index is 538. The predicted octanol–water partition coefficient (Wildman–Crippen LogP) is 4.41. The molecule has 0 aliphatic rings. The zero-order valence-electron chi connectivity index (χ0n) is 10.3. The first-order valence-corrected chi connectivity index (χ1v) is 7.11. The Hall–Kier alpha value is -0.900. The zero-order chi connectivity index (χ0) is 13.1. The van der Waals surface area contributed by atoms with Gasteiger partial charge in [0, 0.05) is 9.90 Å². The Morgan fingerprint density at radius 3 is 2.83 bits per heavy atom. The molecule has 0 bridgehead atoms. The summed E-state index contributed by atoms with van der Waals surface area (Å²) < 4.78 is 13.4. The molecule has 0 aliphatic carbocycles. The van der Waals surface area contributed by atoms with E-state index < -0.39 is 0 Å². The van der Waals surface area contributed by atoms with Gasteiger partial charge in [0.15, 0.2) is 0 Å². The molecule has 0 fully saturated rings. The summed E-state index contributed by atoms with van der Waals surface area (Å²) in [5, 5.41) is 5.87. The second-order valence-corrected chi connectivity index (χ2v) is 5.41. The summed E-state index contributed by atoms with van der Waals surface area (Å²) in [6.45, 7) is 2.12. The number of nitrogens with one attached hydrogen (secondary N) is 1. The van der Waals surface area contributed by atoms with Gasteiger partial charge in [-0.2, -0.15) is 0 Å². The van der Waals surface area contributed by atoms with Crippen LogP contribution in [0.5, 0.6) is 0 Å². The number of hydrogen-bond acceptors (Lipinski definition) is 2. The third kappa shape index (κ3) is 2.58. The summed E-state index contributed by atoms with van der Waals surface area (Å²) in [5.74, 6) is -0.260. The Kier molecular flexibility index (Phi) is 4.38. The lowest BCUT2D eigenvalue weighted by atomic mass is 10.0. The average molecular weight is 284 g/mol. The van der Waals surface area contributed by atoms with Gasteiger partial charge in [0.25, 0.3) is 0 Å². The highest BCUT2D eigenvalue weighted by molar-refractivity contribution is 7.10. The highest BCUT2D eigenvalue weighted by Gasteiger charge is 2.19. The van der Waals surface area contributed by atoms with E-state index in [4.69, 9.17) is 11.6 Å². The maximum atomic E-state index is 13.4. The first-order chi connectivity index (χ1) is 8.67. The van der Waals surface area contributed by atoms with Gasteiger partial charge in [-0.3, -0.25) is 0 Å². The molecule has 1 aromatic heterocycles. The fourth-order valence-corrected chi connectivity index (χ4v) is 3.41. The molecule has 0 saturated carbocycles. The van der Waals surface area contributed by atoms with Gasteiger partial charge in [0.1, 0.15) is 5.82 Å². The van der Waals surface area contributed by atoms with Crippen molar-refractivity contribution < 1.29 is 4.39 Å². The lowest BCUT2D eigenvalue weighted by Gasteiger charge is -2.18. The molecule has 18 heavy (non-hydrogen) atoms. The van der Waals surface area contributed by atoms with E-state index in [1.807, 2.05) is 7.05 Å². The first kappa shape index (κ1) is 13.5. The third-order valence-corrected chi connectivity index (χ3v) is 4.35. The minimum absolute atomic E-state index is 0.0526. The molecule has 1 N–H and O–H groups in total. The van der Waals surface area contributed by atoms with Crippen LogP contribution in [0, 0.1) is 5.82 Å². The van der Waals surface area contributed by atoms with Crippen LogP contribution in [0.3, 0.4) is 0 Å². The summed E-state index contributed by atoms with van der Waals surface area (Å²) in [7, 11) is 1.87. The fraction of sp³-hybridized carbons (Fsp3) is 0.286. The van der Waals surface area contributed by atoms with Gasteiger partial charge in [-0.1, -0.05) is 18.5 Å². The quantitative estimate of drug-likeness (QED) is 0.876. The van der Waals surface area contributed by atoms with Crippen LogP contribution >= 0.6 is 22.9 Å². The van der Waals surface area contributed by atoms with Gasteiger partial charge in [0.05, 0.1) is 6.04 Å². The molecule has 0 spiro atoms. The molecule has 1 aromatic carbocycles. The summed E-state index contributed by atoms with van der Waals surface area (Å²) in [6, 6.07) is 6.55. The van der Waals surface area contributed by atoms with E-state index in [-0.39, 0.29) is 11.9 Å². The van der Waals surface area contributed by atoms with Gasteiger partial charge in [-0.15, -0.1) is 11.3 Å².